The highest BCUT2D eigenvalue weighted by Gasteiger charge is 2.18. The third-order valence-electron chi connectivity index (χ3n) is 3.09. The number of anilines is 2. The van der Waals surface area contributed by atoms with Gasteiger partial charge in [0.2, 0.25) is 5.82 Å². The van der Waals surface area contributed by atoms with Gasteiger partial charge in [0, 0.05) is 6.07 Å². The first-order valence-electron chi connectivity index (χ1n) is 6.39. The lowest BCUT2D eigenvalue weighted by molar-refractivity contribution is -0.384. The first-order valence-corrected chi connectivity index (χ1v) is 6.39. The highest BCUT2D eigenvalue weighted by molar-refractivity contribution is 5.57. The fourth-order valence-electron chi connectivity index (χ4n) is 1.95. The molecule has 0 bridgehead atoms. The van der Waals surface area contributed by atoms with Gasteiger partial charge in [-0.3, -0.25) is 10.1 Å². The molecule has 1 heterocycles. The second-order valence-corrected chi connectivity index (χ2v) is 4.65. The number of pyridine rings is 1. The molecular weight excluding hydrogens is 272 g/mol. The molecule has 0 aliphatic carbocycles. The number of hydrogen-bond acceptors (Lipinski definition) is 6. The smallest absolute Gasteiger partial charge is 0.311 e. The standard InChI is InChI=1S/C14H16N4O3/c1-9(13(19)10-5-3-2-4-6-10)16-12-8-7-11(18(20)21)14(15)17-12/h2-9,13,19H,1H3,(H3,15,16,17). The van der Waals surface area contributed by atoms with E-state index in [0.29, 0.717) is 5.82 Å². The second kappa shape index (κ2) is 6.19. The molecule has 0 saturated heterocycles. The molecule has 0 aliphatic heterocycles. The summed E-state index contributed by atoms with van der Waals surface area (Å²) < 4.78 is 0. The van der Waals surface area contributed by atoms with Crippen LogP contribution < -0.4 is 11.1 Å². The Morgan fingerprint density at radius 1 is 1.29 bits per heavy atom. The van der Waals surface area contributed by atoms with Crippen LogP contribution in [0.15, 0.2) is 42.5 Å². The molecule has 7 heteroatoms. The zero-order valence-corrected chi connectivity index (χ0v) is 11.4. The summed E-state index contributed by atoms with van der Waals surface area (Å²) in [4.78, 5) is 14.0. The number of rotatable bonds is 5. The summed E-state index contributed by atoms with van der Waals surface area (Å²) >= 11 is 0. The summed E-state index contributed by atoms with van der Waals surface area (Å²) in [6, 6.07) is 11.6. The second-order valence-electron chi connectivity index (χ2n) is 4.65. The third kappa shape index (κ3) is 3.46. The number of nitro groups is 1. The molecule has 2 rings (SSSR count). The van der Waals surface area contributed by atoms with Crippen molar-refractivity contribution in [2.24, 2.45) is 0 Å². The Morgan fingerprint density at radius 2 is 1.95 bits per heavy atom. The lowest BCUT2D eigenvalue weighted by Crippen LogP contribution is -2.24. The maximum atomic E-state index is 10.7. The topological polar surface area (TPSA) is 114 Å². The molecule has 2 aromatic rings. The van der Waals surface area contributed by atoms with Crippen LogP contribution in [0.25, 0.3) is 0 Å². The van der Waals surface area contributed by atoms with E-state index in [1.165, 1.54) is 12.1 Å². The molecule has 1 aromatic carbocycles. The van der Waals surface area contributed by atoms with Gasteiger partial charge >= 0.3 is 5.69 Å². The van der Waals surface area contributed by atoms with Crippen molar-refractivity contribution in [2.45, 2.75) is 19.1 Å². The van der Waals surface area contributed by atoms with Crippen LogP contribution in [0.5, 0.6) is 0 Å². The predicted molar refractivity (Wildman–Crippen MR) is 79.8 cm³/mol. The molecule has 0 amide bonds. The van der Waals surface area contributed by atoms with E-state index in [4.69, 9.17) is 5.73 Å². The number of nitrogens with zero attached hydrogens (tertiary/aromatic N) is 2. The van der Waals surface area contributed by atoms with Gasteiger partial charge in [-0.15, -0.1) is 0 Å². The van der Waals surface area contributed by atoms with E-state index in [2.05, 4.69) is 10.3 Å². The molecule has 0 saturated carbocycles. The summed E-state index contributed by atoms with van der Waals surface area (Å²) in [5, 5.41) is 23.9. The molecule has 0 fully saturated rings. The van der Waals surface area contributed by atoms with Gasteiger partial charge in [-0.1, -0.05) is 30.3 Å². The molecule has 0 aliphatic rings. The number of hydrogen-bond donors (Lipinski definition) is 3. The Balaban J connectivity index is 2.11. The Bertz CT molecular complexity index is 633. The van der Waals surface area contributed by atoms with Crippen molar-refractivity contribution in [3.8, 4) is 0 Å². The van der Waals surface area contributed by atoms with Crippen molar-refractivity contribution < 1.29 is 10.0 Å². The number of aliphatic hydroxyl groups is 1. The van der Waals surface area contributed by atoms with Crippen LogP contribution in [0.1, 0.15) is 18.6 Å². The monoisotopic (exact) mass is 288 g/mol. The van der Waals surface area contributed by atoms with E-state index >= 15 is 0 Å². The molecule has 2 unspecified atom stereocenters. The number of aliphatic hydroxyl groups excluding tert-OH is 1. The first kappa shape index (κ1) is 14.7. The van der Waals surface area contributed by atoms with Gasteiger partial charge in [0.1, 0.15) is 5.82 Å². The van der Waals surface area contributed by atoms with Crippen LogP contribution in [0.3, 0.4) is 0 Å². The minimum Gasteiger partial charge on any atom is -0.386 e. The zero-order chi connectivity index (χ0) is 15.4. The Kier molecular flexibility index (Phi) is 4.34. The quantitative estimate of drug-likeness (QED) is 0.573. The SMILES string of the molecule is CC(Nc1ccc([N+](=O)[O-])c(N)n1)C(O)c1ccccc1. The molecule has 0 radical (unpaired) electrons. The number of benzene rings is 1. The van der Waals surface area contributed by atoms with E-state index in [0.717, 1.165) is 5.56 Å². The molecular formula is C14H16N4O3. The normalized spacial score (nSPS) is 13.4. The number of nitrogens with one attached hydrogen (secondary N) is 1. The Hall–Kier alpha value is -2.67. The molecule has 0 spiro atoms. The van der Waals surface area contributed by atoms with Crippen molar-refractivity contribution in [2.75, 3.05) is 11.1 Å². The summed E-state index contributed by atoms with van der Waals surface area (Å²) in [7, 11) is 0. The van der Waals surface area contributed by atoms with E-state index in [9.17, 15) is 15.2 Å². The highest BCUT2D eigenvalue weighted by Crippen LogP contribution is 2.23. The Morgan fingerprint density at radius 3 is 2.52 bits per heavy atom. The first-order chi connectivity index (χ1) is 9.99. The number of nitrogen functional groups attached to an aromatic ring is 1. The summed E-state index contributed by atoms with van der Waals surface area (Å²) in [6.07, 6.45) is -0.732. The van der Waals surface area contributed by atoms with Crippen LogP contribution in [0.2, 0.25) is 0 Å². The van der Waals surface area contributed by atoms with Crippen molar-refractivity contribution in [1.29, 1.82) is 0 Å². The van der Waals surface area contributed by atoms with E-state index < -0.39 is 11.0 Å². The van der Waals surface area contributed by atoms with Crippen molar-refractivity contribution >= 4 is 17.3 Å². The zero-order valence-electron chi connectivity index (χ0n) is 11.4. The fraction of sp³-hybridized carbons (Fsp3) is 0.214. The highest BCUT2D eigenvalue weighted by atomic mass is 16.6. The van der Waals surface area contributed by atoms with E-state index in [1.54, 1.807) is 6.92 Å². The number of aromatic nitrogens is 1. The summed E-state index contributed by atoms with van der Waals surface area (Å²) in [6.45, 7) is 1.79. The molecule has 21 heavy (non-hydrogen) atoms. The molecule has 4 N–H and O–H groups in total. The van der Waals surface area contributed by atoms with Crippen LogP contribution in [-0.4, -0.2) is 21.1 Å². The van der Waals surface area contributed by atoms with E-state index in [1.807, 2.05) is 30.3 Å². The molecule has 7 nitrogen and oxygen atoms in total. The average molecular weight is 288 g/mol. The molecule has 2 atom stereocenters. The third-order valence-corrected chi connectivity index (χ3v) is 3.09. The molecule has 110 valence electrons. The lowest BCUT2D eigenvalue weighted by atomic mass is 10.0. The van der Waals surface area contributed by atoms with Gasteiger partial charge in [0.15, 0.2) is 0 Å². The van der Waals surface area contributed by atoms with Gasteiger partial charge in [0.25, 0.3) is 0 Å². The minimum absolute atomic E-state index is 0.161. The van der Waals surface area contributed by atoms with E-state index in [-0.39, 0.29) is 17.5 Å². The van der Waals surface area contributed by atoms with Gasteiger partial charge in [-0.25, -0.2) is 4.98 Å². The van der Waals surface area contributed by atoms with Gasteiger partial charge in [0.05, 0.1) is 17.1 Å². The average Bonchev–Trinajstić information content (AvgIpc) is 2.47. The van der Waals surface area contributed by atoms with Crippen molar-refractivity contribution in [3.05, 3.63) is 58.1 Å². The molecule has 1 aromatic heterocycles. The maximum absolute atomic E-state index is 10.7. The summed E-state index contributed by atoms with van der Waals surface area (Å²) in [5.41, 5.74) is 6.06. The van der Waals surface area contributed by atoms with Crippen molar-refractivity contribution in [3.63, 3.8) is 0 Å². The van der Waals surface area contributed by atoms with Crippen LogP contribution in [0.4, 0.5) is 17.3 Å². The minimum atomic E-state index is -0.732. The lowest BCUT2D eigenvalue weighted by Gasteiger charge is -2.21. The van der Waals surface area contributed by atoms with Crippen LogP contribution >= 0.6 is 0 Å². The van der Waals surface area contributed by atoms with Crippen molar-refractivity contribution in [1.82, 2.24) is 4.98 Å². The van der Waals surface area contributed by atoms with Crippen LogP contribution in [0, 0.1) is 10.1 Å². The fourth-order valence-corrected chi connectivity index (χ4v) is 1.95. The summed E-state index contributed by atoms with van der Waals surface area (Å²) in [5.74, 6) is 0.215. The largest absolute Gasteiger partial charge is 0.386 e. The van der Waals surface area contributed by atoms with Gasteiger partial charge < -0.3 is 16.2 Å². The predicted octanol–water partition coefficient (Wildman–Crippen LogP) is 2.11. The van der Waals surface area contributed by atoms with Gasteiger partial charge in [-0.2, -0.15) is 0 Å². The maximum Gasteiger partial charge on any atom is 0.311 e. The van der Waals surface area contributed by atoms with Gasteiger partial charge in [-0.05, 0) is 18.6 Å². The Labute approximate surface area is 121 Å². The number of nitrogens with two attached hydrogens (primary N) is 1. The van der Waals surface area contributed by atoms with Crippen LogP contribution in [-0.2, 0) is 0 Å².